The van der Waals surface area contributed by atoms with Gasteiger partial charge in [-0.2, -0.15) is 0 Å². The average molecular weight is 424 g/mol. The standard InChI is InChI=1S/C17H12BrClN2O2S/c18-13-3-1-2-4-15(13)23-9-16(22)21-17-20-14(10-24-17)11-5-7-12(19)8-6-11/h1-8,10H,9H2,(H,20,21,22). The first-order chi connectivity index (χ1) is 11.6. The second-order valence-corrected chi connectivity index (χ2v) is 6.96. The number of ether oxygens (including phenoxy) is 1. The first kappa shape index (κ1) is 17.0. The molecule has 0 saturated carbocycles. The summed E-state index contributed by atoms with van der Waals surface area (Å²) in [7, 11) is 0. The van der Waals surface area contributed by atoms with Crippen LogP contribution in [-0.4, -0.2) is 17.5 Å². The summed E-state index contributed by atoms with van der Waals surface area (Å²) in [5, 5.41) is 5.82. The number of amides is 1. The predicted molar refractivity (Wildman–Crippen MR) is 101 cm³/mol. The summed E-state index contributed by atoms with van der Waals surface area (Å²) in [6.07, 6.45) is 0. The van der Waals surface area contributed by atoms with Crippen molar-refractivity contribution in [2.45, 2.75) is 0 Å². The minimum atomic E-state index is -0.261. The Morgan fingerprint density at radius 1 is 1.21 bits per heavy atom. The van der Waals surface area contributed by atoms with E-state index in [4.69, 9.17) is 16.3 Å². The first-order valence-corrected chi connectivity index (χ1v) is 9.05. The minimum Gasteiger partial charge on any atom is -0.483 e. The molecule has 0 aliphatic carbocycles. The molecule has 0 saturated heterocycles. The first-order valence-electron chi connectivity index (χ1n) is 7.00. The normalized spacial score (nSPS) is 10.4. The van der Waals surface area contributed by atoms with Gasteiger partial charge in [-0.25, -0.2) is 4.98 Å². The van der Waals surface area contributed by atoms with Crippen LogP contribution in [0.5, 0.6) is 5.75 Å². The largest absolute Gasteiger partial charge is 0.483 e. The highest BCUT2D eigenvalue weighted by atomic mass is 79.9. The van der Waals surface area contributed by atoms with Gasteiger partial charge in [-0.15, -0.1) is 11.3 Å². The smallest absolute Gasteiger partial charge is 0.264 e. The van der Waals surface area contributed by atoms with Crippen LogP contribution in [0, 0.1) is 0 Å². The van der Waals surface area contributed by atoms with E-state index >= 15 is 0 Å². The molecule has 0 fully saturated rings. The number of carbonyl (C=O) groups excluding carboxylic acids is 1. The summed E-state index contributed by atoms with van der Waals surface area (Å²) in [5.74, 6) is 0.358. The molecule has 1 N–H and O–H groups in total. The van der Waals surface area contributed by atoms with Crippen LogP contribution in [0.2, 0.25) is 5.02 Å². The van der Waals surface area contributed by atoms with E-state index in [1.165, 1.54) is 11.3 Å². The molecule has 3 rings (SSSR count). The van der Waals surface area contributed by atoms with Gasteiger partial charge in [0, 0.05) is 16.0 Å². The van der Waals surface area contributed by atoms with Crippen molar-refractivity contribution in [3.05, 3.63) is 63.4 Å². The van der Waals surface area contributed by atoms with Gasteiger partial charge in [0.15, 0.2) is 11.7 Å². The quantitative estimate of drug-likeness (QED) is 0.610. The Bertz CT molecular complexity index is 852. The number of anilines is 1. The van der Waals surface area contributed by atoms with Gasteiger partial charge in [-0.1, -0.05) is 35.9 Å². The van der Waals surface area contributed by atoms with Gasteiger partial charge in [0.25, 0.3) is 5.91 Å². The van der Waals surface area contributed by atoms with Gasteiger partial charge in [-0.05, 0) is 40.2 Å². The molecule has 1 amide bonds. The molecule has 0 radical (unpaired) electrons. The molecule has 0 aliphatic rings. The lowest BCUT2D eigenvalue weighted by Gasteiger charge is -2.07. The van der Waals surface area contributed by atoms with Crippen molar-refractivity contribution in [1.29, 1.82) is 0 Å². The Morgan fingerprint density at radius 2 is 1.96 bits per heavy atom. The Kier molecular flexibility index (Phi) is 5.50. The monoisotopic (exact) mass is 422 g/mol. The van der Waals surface area contributed by atoms with Crippen LogP contribution in [0.15, 0.2) is 58.4 Å². The van der Waals surface area contributed by atoms with Gasteiger partial charge in [0.1, 0.15) is 5.75 Å². The lowest BCUT2D eigenvalue weighted by Crippen LogP contribution is -2.20. The van der Waals surface area contributed by atoms with E-state index in [2.05, 4.69) is 26.2 Å². The van der Waals surface area contributed by atoms with E-state index in [0.717, 1.165) is 15.7 Å². The summed E-state index contributed by atoms with van der Waals surface area (Å²) in [6, 6.07) is 14.8. The number of hydrogen-bond donors (Lipinski definition) is 1. The molecule has 7 heteroatoms. The molecule has 1 aromatic heterocycles. The number of hydrogen-bond acceptors (Lipinski definition) is 4. The molecule has 0 bridgehead atoms. The van der Waals surface area contributed by atoms with Gasteiger partial charge in [0.2, 0.25) is 0 Å². The molecule has 0 atom stereocenters. The molecular formula is C17H12BrClN2O2S. The third kappa shape index (κ3) is 4.35. The van der Waals surface area contributed by atoms with Crippen molar-refractivity contribution in [3.8, 4) is 17.0 Å². The number of rotatable bonds is 5. The van der Waals surface area contributed by atoms with Crippen LogP contribution in [0.25, 0.3) is 11.3 Å². The van der Waals surface area contributed by atoms with Crippen LogP contribution in [0.4, 0.5) is 5.13 Å². The minimum absolute atomic E-state index is 0.0848. The van der Waals surface area contributed by atoms with Gasteiger partial charge < -0.3 is 4.74 Å². The maximum atomic E-state index is 12.0. The van der Waals surface area contributed by atoms with Crippen molar-refractivity contribution in [2.24, 2.45) is 0 Å². The topological polar surface area (TPSA) is 51.2 Å². The highest BCUT2D eigenvalue weighted by Gasteiger charge is 2.09. The van der Waals surface area contributed by atoms with Crippen molar-refractivity contribution in [2.75, 3.05) is 11.9 Å². The third-order valence-electron chi connectivity index (χ3n) is 3.09. The number of nitrogens with one attached hydrogen (secondary N) is 1. The number of thiazole rings is 1. The second kappa shape index (κ2) is 7.79. The zero-order valence-electron chi connectivity index (χ0n) is 12.3. The molecular weight excluding hydrogens is 412 g/mol. The Hall–Kier alpha value is -1.89. The Balaban J connectivity index is 1.59. The summed E-state index contributed by atoms with van der Waals surface area (Å²) < 4.78 is 6.28. The van der Waals surface area contributed by atoms with Crippen molar-refractivity contribution >= 4 is 49.9 Å². The fraction of sp³-hybridized carbons (Fsp3) is 0.0588. The van der Waals surface area contributed by atoms with Crippen LogP contribution in [-0.2, 0) is 4.79 Å². The zero-order chi connectivity index (χ0) is 16.9. The van der Waals surface area contributed by atoms with Crippen LogP contribution >= 0.6 is 38.9 Å². The number of carbonyl (C=O) groups is 1. The molecule has 3 aromatic rings. The Labute approximate surface area is 156 Å². The second-order valence-electron chi connectivity index (χ2n) is 4.81. The van der Waals surface area contributed by atoms with E-state index < -0.39 is 0 Å². The molecule has 24 heavy (non-hydrogen) atoms. The SMILES string of the molecule is O=C(COc1ccccc1Br)Nc1nc(-c2ccc(Cl)cc2)cs1. The molecule has 0 spiro atoms. The Morgan fingerprint density at radius 3 is 2.71 bits per heavy atom. The van der Waals surface area contributed by atoms with Crippen LogP contribution in [0.1, 0.15) is 0 Å². The highest BCUT2D eigenvalue weighted by molar-refractivity contribution is 9.10. The molecule has 1 heterocycles. The van der Waals surface area contributed by atoms with Crippen molar-refractivity contribution in [3.63, 3.8) is 0 Å². The summed E-state index contributed by atoms with van der Waals surface area (Å²) in [6.45, 7) is -0.0848. The maximum Gasteiger partial charge on any atom is 0.264 e. The van der Waals surface area contributed by atoms with Gasteiger partial charge in [-0.3, -0.25) is 10.1 Å². The zero-order valence-corrected chi connectivity index (χ0v) is 15.5. The molecule has 0 unspecified atom stereocenters. The van der Waals surface area contributed by atoms with Crippen molar-refractivity contribution < 1.29 is 9.53 Å². The predicted octanol–water partition coefficient (Wildman–Crippen LogP) is 5.24. The number of nitrogens with zero attached hydrogens (tertiary/aromatic N) is 1. The third-order valence-corrected chi connectivity index (χ3v) is 4.75. The fourth-order valence-electron chi connectivity index (χ4n) is 1.94. The van der Waals surface area contributed by atoms with E-state index in [1.807, 2.05) is 35.7 Å². The number of para-hydroxylation sites is 1. The van der Waals surface area contributed by atoms with Crippen LogP contribution < -0.4 is 10.1 Å². The van der Waals surface area contributed by atoms with E-state index in [9.17, 15) is 4.79 Å². The number of aromatic nitrogens is 1. The van der Waals surface area contributed by atoms with E-state index in [-0.39, 0.29) is 12.5 Å². The fourth-order valence-corrected chi connectivity index (χ4v) is 3.21. The molecule has 2 aromatic carbocycles. The lowest BCUT2D eigenvalue weighted by molar-refractivity contribution is -0.118. The van der Waals surface area contributed by atoms with Gasteiger partial charge in [0.05, 0.1) is 10.2 Å². The number of benzene rings is 2. The summed E-state index contributed by atoms with van der Waals surface area (Å²) in [4.78, 5) is 16.4. The van der Waals surface area contributed by atoms with Gasteiger partial charge >= 0.3 is 0 Å². The molecule has 4 nitrogen and oxygen atoms in total. The summed E-state index contributed by atoms with van der Waals surface area (Å²) >= 11 is 10.6. The summed E-state index contributed by atoms with van der Waals surface area (Å²) in [5.41, 5.74) is 1.74. The van der Waals surface area contributed by atoms with Crippen molar-refractivity contribution in [1.82, 2.24) is 4.98 Å². The van der Waals surface area contributed by atoms with Crippen LogP contribution in [0.3, 0.4) is 0 Å². The average Bonchev–Trinajstić information content (AvgIpc) is 3.03. The lowest BCUT2D eigenvalue weighted by atomic mass is 10.2. The van der Waals surface area contributed by atoms with E-state index in [0.29, 0.717) is 15.9 Å². The molecule has 122 valence electrons. The van der Waals surface area contributed by atoms with E-state index in [1.54, 1.807) is 18.2 Å². The highest BCUT2D eigenvalue weighted by Crippen LogP contribution is 2.26. The number of halogens is 2. The molecule has 0 aliphatic heterocycles. The maximum absolute atomic E-state index is 12.0.